The van der Waals surface area contributed by atoms with Crippen LogP contribution in [0.15, 0.2) is 109 Å². The van der Waals surface area contributed by atoms with Crippen molar-refractivity contribution in [3.8, 4) is 11.1 Å². The summed E-state index contributed by atoms with van der Waals surface area (Å²) in [5, 5.41) is 0. The van der Waals surface area contributed by atoms with Gasteiger partial charge >= 0.3 is 0 Å². The van der Waals surface area contributed by atoms with Gasteiger partial charge in [0, 0.05) is 22.4 Å². The maximum absolute atomic E-state index is 2.61. The summed E-state index contributed by atoms with van der Waals surface area (Å²) >= 11 is 0. The van der Waals surface area contributed by atoms with Crippen LogP contribution >= 0.6 is 0 Å². The lowest BCUT2D eigenvalue weighted by atomic mass is 9.30. The van der Waals surface area contributed by atoms with Crippen molar-refractivity contribution < 1.29 is 0 Å². The molecule has 1 nitrogen and oxygen atoms in total. The number of hydrogen-bond acceptors (Lipinski definition) is 1. The molecule has 5 aromatic carbocycles. The van der Waals surface area contributed by atoms with E-state index in [2.05, 4.69) is 156 Å². The number of fused-ring (bicyclic) bond motifs is 5. The molecule has 206 valence electrons. The SMILES string of the molecule is CC1(C)CC(C)(C)c2cc3c(cc21)B1c2ccccc2C(C)(C)c2cccc(c21)N3c1ccccc1-c1ccccc1. The highest BCUT2D eigenvalue weighted by molar-refractivity contribution is 6.99. The van der Waals surface area contributed by atoms with Crippen LogP contribution in [0, 0.1) is 0 Å². The fraction of sp³-hybridized carbons (Fsp3) is 0.250. The molecule has 8 rings (SSSR count). The van der Waals surface area contributed by atoms with Crippen molar-refractivity contribution in [2.24, 2.45) is 0 Å². The summed E-state index contributed by atoms with van der Waals surface area (Å²) in [6.45, 7) is 14.8. The lowest BCUT2D eigenvalue weighted by Gasteiger charge is -2.46. The van der Waals surface area contributed by atoms with E-state index in [4.69, 9.17) is 0 Å². The average Bonchev–Trinajstić information content (AvgIpc) is 3.17. The van der Waals surface area contributed by atoms with E-state index in [-0.39, 0.29) is 23.0 Å². The van der Waals surface area contributed by atoms with E-state index in [9.17, 15) is 0 Å². The van der Waals surface area contributed by atoms with Crippen LogP contribution in [0.5, 0.6) is 0 Å². The zero-order chi connectivity index (χ0) is 29.0. The van der Waals surface area contributed by atoms with Crippen LogP contribution in [0.4, 0.5) is 17.1 Å². The molecule has 2 aliphatic heterocycles. The summed E-state index contributed by atoms with van der Waals surface area (Å²) in [4.78, 5) is 2.60. The van der Waals surface area contributed by atoms with E-state index < -0.39 is 0 Å². The Bertz CT molecular complexity index is 1900. The lowest BCUT2D eigenvalue weighted by molar-refractivity contribution is 0.403. The van der Waals surface area contributed by atoms with Gasteiger partial charge in [-0.05, 0) is 74.2 Å². The second kappa shape index (κ2) is 8.51. The van der Waals surface area contributed by atoms with Gasteiger partial charge in [0.05, 0.1) is 5.69 Å². The number of anilines is 3. The number of rotatable bonds is 2. The van der Waals surface area contributed by atoms with E-state index in [0.29, 0.717) is 0 Å². The van der Waals surface area contributed by atoms with Crippen molar-refractivity contribution in [1.82, 2.24) is 0 Å². The third kappa shape index (κ3) is 3.39. The number of benzene rings is 5. The van der Waals surface area contributed by atoms with Gasteiger partial charge in [-0.25, -0.2) is 0 Å². The summed E-state index contributed by atoms with van der Waals surface area (Å²) in [7, 11) is 0. The molecule has 42 heavy (non-hydrogen) atoms. The highest BCUT2D eigenvalue weighted by Gasteiger charge is 2.49. The summed E-state index contributed by atoms with van der Waals surface area (Å²) < 4.78 is 0. The molecule has 0 radical (unpaired) electrons. The normalized spacial score (nSPS) is 18.1. The fourth-order valence-electron chi connectivity index (χ4n) is 8.90. The second-order valence-electron chi connectivity index (χ2n) is 14.5. The first-order chi connectivity index (χ1) is 20.1. The number of hydrogen-bond donors (Lipinski definition) is 0. The predicted molar refractivity (Wildman–Crippen MR) is 180 cm³/mol. The Morgan fingerprint density at radius 2 is 1.14 bits per heavy atom. The Hall–Kier alpha value is -4.04. The molecule has 0 spiro atoms. The molecule has 0 N–H and O–H groups in total. The van der Waals surface area contributed by atoms with Crippen LogP contribution in [0.25, 0.3) is 11.1 Å². The highest BCUT2D eigenvalue weighted by Crippen LogP contribution is 2.52. The lowest BCUT2D eigenvalue weighted by Crippen LogP contribution is -2.64. The van der Waals surface area contributed by atoms with Gasteiger partial charge in [-0.15, -0.1) is 0 Å². The standard InChI is InChI=1S/C40H38BN/c1-38(2)25-39(3,4)31-24-36-33(23-30(31)38)41-32-20-12-11-18-28(32)40(5,6)29-19-14-22-35(37(29)41)42(36)34-21-13-10-17-27(34)26-15-8-7-9-16-26/h7-24H,25H2,1-6H3. The molecule has 0 atom stereocenters. The maximum Gasteiger partial charge on any atom is 0.247 e. The highest BCUT2D eigenvalue weighted by atomic mass is 15.2. The number of para-hydroxylation sites is 1. The van der Waals surface area contributed by atoms with Gasteiger partial charge in [-0.3, -0.25) is 0 Å². The van der Waals surface area contributed by atoms with Crippen molar-refractivity contribution in [3.63, 3.8) is 0 Å². The van der Waals surface area contributed by atoms with Gasteiger partial charge < -0.3 is 4.90 Å². The van der Waals surface area contributed by atoms with E-state index in [1.54, 1.807) is 0 Å². The van der Waals surface area contributed by atoms with Crippen LogP contribution in [0.1, 0.15) is 70.2 Å². The molecule has 0 fully saturated rings. The maximum atomic E-state index is 2.61. The van der Waals surface area contributed by atoms with Crippen molar-refractivity contribution in [1.29, 1.82) is 0 Å². The first kappa shape index (κ1) is 25.7. The first-order valence-electron chi connectivity index (χ1n) is 15.5. The van der Waals surface area contributed by atoms with E-state index in [1.807, 2.05) is 0 Å². The Morgan fingerprint density at radius 1 is 0.524 bits per heavy atom. The van der Waals surface area contributed by atoms with Crippen LogP contribution in [0.3, 0.4) is 0 Å². The zero-order valence-corrected chi connectivity index (χ0v) is 25.6. The molecule has 2 heterocycles. The Labute approximate surface area is 251 Å². The topological polar surface area (TPSA) is 3.24 Å². The molecule has 0 saturated carbocycles. The molecular weight excluding hydrogens is 505 g/mol. The monoisotopic (exact) mass is 543 g/mol. The fourth-order valence-corrected chi connectivity index (χ4v) is 8.90. The zero-order valence-electron chi connectivity index (χ0n) is 25.6. The largest absolute Gasteiger partial charge is 0.311 e. The predicted octanol–water partition coefficient (Wildman–Crippen LogP) is 8.25. The van der Waals surface area contributed by atoms with Crippen LogP contribution in [-0.2, 0) is 16.2 Å². The Kier molecular flexibility index (Phi) is 5.20. The Morgan fingerprint density at radius 3 is 1.93 bits per heavy atom. The van der Waals surface area contributed by atoms with E-state index >= 15 is 0 Å². The van der Waals surface area contributed by atoms with Crippen molar-refractivity contribution in [2.45, 2.75) is 64.2 Å². The summed E-state index contributed by atoms with van der Waals surface area (Å²) in [5.74, 6) is 0. The molecule has 5 aromatic rings. The molecule has 1 aliphatic carbocycles. The Balaban J connectivity index is 1.51. The van der Waals surface area contributed by atoms with Crippen molar-refractivity contribution >= 4 is 40.2 Å². The summed E-state index contributed by atoms with van der Waals surface area (Å²) in [6.07, 6.45) is 1.16. The molecule has 0 unspecified atom stereocenters. The molecule has 0 bridgehead atoms. The van der Waals surface area contributed by atoms with Crippen LogP contribution < -0.4 is 21.3 Å². The van der Waals surface area contributed by atoms with Gasteiger partial charge in [-0.1, -0.05) is 138 Å². The van der Waals surface area contributed by atoms with Crippen molar-refractivity contribution in [2.75, 3.05) is 4.90 Å². The van der Waals surface area contributed by atoms with Gasteiger partial charge in [0.25, 0.3) is 0 Å². The minimum absolute atomic E-state index is 0.0848. The molecule has 0 aromatic heterocycles. The number of nitrogens with zero attached hydrogens (tertiary/aromatic N) is 1. The minimum Gasteiger partial charge on any atom is -0.311 e. The summed E-state index contributed by atoms with van der Waals surface area (Å²) in [6, 6.07) is 41.3. The quantitative estimate of drug-likeness (QED) is 0.199. The second-order valence-corrected chi connectivity index (χ2v) is 14.5. The van der Waals surface area contributed by atoms with Crippen LogP contribution in [0.2, 0.25) is 0 Å². The van der Waals surface area contributed by atoms with Gasteiger partial charge in [0.2, 0.25) is 6.71 Å². The molecule has 0 amide bonds. The third-order valence-corrected chi connectivity index (χ3v) is 10.5. The third-order valence-electron chi connectivity index (χ3n) is 10.5. The molecule has 3 aliphatic rings. The average molecular weight is 544 g/mol. The summed E-state index contributed by atoms with van der Waals surface area (Å²) in [5.41, 5.74) is 16.8. The molecular formula is C40H38BN. The van der Waals surface area contributed by atoms with Gasteiger partial charge in [0.1, 0.15) is 0 Å². The smallest absolute Gasteiger partial charge is 0.247 e. The molecule has 2 heteroatoms. The van der Waals surface area contributed by atoms with E-state index in [0.717, 1.165) is 6.42 Å². The molecule has 0 saturated heterocycles. The first-order valence-corrected chi connectivity index (χ1v) is 15.5. The van der Waals surface area contributed by atoms with E-state index in [1.165, 1.54) is 66.8 Å². The van der Waals surface area contributed by atoms with Crippen molar-refractivity contribution in [3.05, 3.63) is 131 Å². The van der Waals surface area contributed by atoms with Crippen LogP contribution in [-0.4, -0.2) is 6.71 Å². The minimum atomic E-state index is -0.0848. The van der Waals surface area contributed by atoms with Gasteiger partial charge in [-0.2, -0.15) is 0 Å². The van der Waals surface area contributed by atoms with Gasteiger partial charge in [0.15, 0.2) is 0 Å².